The number of urea groups is 1. The molecule has 0 unspecified atom stereocenters. The molecule has 7 nitrogen and oxygen atoms in total. The molecule has 0 bridgehead atoms. The first-order chi connectivity index (χ1) is 13.5. The first-order valence-electron chi connectivity index (χ1n) is 8.49. The number of amides is 2. The van der Waals surface area contributed by atoms with Crippen LogP contribution in [0.4, 0.5) is 37.9 Å². The SMILES string of the molecule is CCNC(=O)Nc1ccc(Nc2cc(Nc3ccc(F)c(Cl)c3)ncn2)cc1. The number of carbonyl (C=O) groups excluding carboxylic acids is 1. The van der Waals surface area contributed by atoms with Crippen molar-refractivity contribution in [2.45, 2.75) is 6.92 Å². The minimum Gasteiger partial charge on any atom is -0.340 e. The second kappa shape index (κ2) is 9.01. The van der Waals surface area contributed by atoms with Crippen LogP contribution in [0.5, 0.6) is 0 Å². The van der Waals surface area contributed by atoms with Crippen LogP contribution in [0.1, 0.15) is 6.92 Å². The number of benzene rings is 2. The summed E-state index contributed by atoms with van der Waals surface area (Å²) < 4.78 is 13.3. The summed E-state index contributed by atoms with van der Waals surface area (Å²) in [5.74, 6) is 0.604. The minimum atomic E-state index is -0.484. The van der Waals surface area contributed by atoms with Gasteiger partial charge >= 0.3 is 6.03 Å². The van der Waals surface area contributed by atoms with Crippen LogP contribution in [-0.2, 0) is 0 Å². The van der Waals surface area contributed by atoms with E-state index in [2.05, 4.69) is 31.2 Å². The highest BCUT2D eigenvalue weighted by atomic mass is 35.5. The summed E-state index contributed by atoms with van der Waals surface area (Å²) in [7, 11) is 0. The van der Waals surface area contributed by atoms with Crippen molar-refractivity contribution in [1.82, 2.24) is 15.3 Å². The molecule has 0 aliphatic heterocycles. The van der Waals surface area contributed by atoms with Crippen LogP contribution in [-0.4, -0.2) is 22.5 Å². The summed E-state index contributed by atoms with van der Waals surface area (Å²) in [6.07, 6.45) is 1.40. The Morgan fingerprint density at radius 1 is 0.964 bits per heavy atom. The largest absolute Gasteiger partial charge is 0.340 e. The number of carbonyl (C=O) groups is 1. The molecule has 0 radical (unpaired) electrons. The van der Waals surface area contributed by atoms with Crippen LogP contribution in [0, 0.1) is 5.82 Å². The molecule has 0 aliphatic rings. The Kier molecular flexibility index (Phi) is 6.23. The molecule has 0 saturated heterocycles. The lowest BCUT2D eigenvalue weighted by molar-refractivity contribution is 0.252. The normalized spacial score (nSPS) is 10.2. The summed E-state index contributed by atoms with van der Waals surface area (Å²) in [6, 6.07) is 13.0. The third-order valence-corrected chi connectivity index (χ3v) is 3.90. The van der Waals surface area contributed by atoms with Crippen molar-refractivity contribution in [3.05, 3.63) is 65.7 Å². The van der Waals surface area contributed by atoms with Crippen LogP contribution >= 0.6 is 11.6 Å². The summed E-state index contributed by atoms with van der Waals surface area (Å²) >= 11 is 5.79. The minimum absolute atomic E-state index is 0.0266. The number of nitrogens with zero attached hydrogens (tertiary/aromatic N) is 2. The second-order valence-corrected chi connectivity index (χ2v) is 6.14. The van der Waals surface area contributed by atoms with Crippen molar-refractivity contribution in [2.75, 3.05) is 22.5 Å². The fourth-order valence-electron chi connectivity index (χ4n) is 2.34. The van der Waals surface area contributed by atoms with Crippen molar-refractivity contribution >= 4 is 46.3 Å². The van der Waals surface area contributed by atoms with Gasteiger partial charge in [0.25, 0.3) is 0 Å². The molecule has 0 atom stereocenters. The Morgan fingerprint density at radius 2 is 1.57 bits per heavy atom. The van der Waals surface area contributed by atoms with Crippen LogP contribution in [0.15, 0.2) is 54.9 Å². The van der Waals surface area contributed by atoms with Crippen molar-refractivity contribution in [3.63, 3.8) is 0 Å². The Balaban J connectivity index is 1.65. The maximum absolute atomic E-state index is 13.3. The zero-order valence-electron chi connectivity index (χ0n) is 15.0. The smallest absolute Gasteiger partial charge is 0.319 e. The highest BCUT2D eigenvalue weighted by molar-refractivity contribution is 6.31. The molecule has 3 aromatic rings. The van der Waals surface area contributed by atoms with Gasteiger partial charge in [0.15, 0.2) is 0 Å². The summed E-state index contributed by atoms with van der Waals surface area (Å²) in [6.45, 7) is 2.40. The van der Waals surface area contributed by atoms with E-state index >= 15 is 0 Å². The molecular formula is C19H18ClFN6O. The van der Waals surface area contributed by atoms with E-state index in [4.69, 9.17) is 11.6 Å². The maximum atomic E-state index is 13.3. The van der Waals surface area contributed by atoms with Gasteiger partial charge in [-0.05, 0) is 49.4 Å². The van der Waals surface area contributed by atoms with Crippen LogP contribution in [0.3, 0.4) is 0 Å². The van der Waals surface area contributed by atoms with E-state index in [0.29, 0.717) is 29.6 Å². The number of nitrogens with one attached hydrogen (secondary N) is 4. The topological polar surface area (TPSA) is 91.0 Å². The summed E-state index contributed by atoms with van der Waals surface area (Å²) in [5.41, 5.74) is 2.07. The molecule has 0 spiro atoms. The molecule has 9 heteroatoms. The van der Waals surface area contributed by atoms with E-state index in [1.807, 2.05) is 19.1 Å². The highest BCUT2D eigenvalue weighted by Crippen LogP contribution is 2.23. The lowest BCUT2D eigenvalue weighted by Crippen LogP contribution is -2.28. The fraction of sp³-hybridized carbons (Fsp3) is 0.105. The van der Waals surface area contributed by atoms with E-state index in [-0.39, 0.29) is 11.1 Å². The lowest BCUT2D eigenvalue weighted by atomic mass is 10.2. The number of aromatic nitrogens is 2. The van der Waals surface area contributed by atoms with Crippen LogP contribution in [0.2, 0.25) is 5.02 Å². The van der Waals surface area contributed by atoms with E-state index < -0.39 is 5.82 Å². The first kappa shape index (κ1) is 19.4. The van der Waals surface area contributed by atoms with Gasteiger partial charge in [0.2, 0.25) is 0 Å². The molecule has 0 aliphatic carbocycles. The number of rotatable bonds is 6. The van der Waals surface area contributed by atoms with Gasteiger partial charge < -0.3 is 21.3 Å². The quantitative estimate of drug-likeness (QED) is 0.472. The molecule has 3 rings (SSSR count). The van der Waals surface area contributed by atoms with Crippen molar-refractivity contribution < 1.29 is 9.18 Å². The maximum Gasteiger partial charge on any atom is 0.319 e. The third-order valence-electron chi connectivity index (χ3n) is 3.61. The van der Waals surface area contributed by atoms with Crippen molar-refractivity contribution in [1.29, 1.82) is 0 Å². The Labute approximate surface area is 166 Å². The summed E-state index contributed by atoms with van der Waals surface area (Å²) in [5, 5.41) is 11.6. The standard InChI is InChI=1S/C19H18ClFN6O/c1-2-22-19(28)27-13-5-3-12(4-6-13)25-17-10-18(24-11-23-17)26-14-7-8-16(21)15(20)9-14/h3-11H,2H2,1H3,(H2,22,27,28)(H2,23,24,25,26). The van der Waals surface area contributed by atoms with E-state index in [1.165, 1.54) is 18.5 Å². The molecule has 2 amide bonds. The summed E-state index contributed by atoms with van der Waals surface area (Å²) in [4.78, 5) is 19.8. The second-order valence-electron chi connectivity index (χ2n) is 5.73. The number of hydrogen-bond donors (Lipinski definition) is 4. The number of halogens is 2. The lowest BCUT2D eigenvalue weighted by Gasteiger charge is -2.10. The molecule has 0 saturated carbocycles. The van der Waals surface area contributed by atoms with Crippen molar-refractivity contribution in [2.24, 2.45) is 0 Å². The van der Waals surface area contributed by atoms with Gasteiger partial charge in [-0.1, -0.05) is 11.6 Å². The predicted octanol–water partition coefficient (Wildman–Crippen LogP) is 4.90. The molecule has 4 N–H and O–H groups in total. The third kappa shape index (κ3) is 5.31. The first-order valence-corrected chi connectivity index (χ1v) is 8.87. The number of hydrogen-bond acceptors (Lipinski definition) is 5. The van der Waals surface area contributed by atoms with Gasteiger partial charge in [0, 0.05) is 29.7 Å². The van der Waals surface area contributed by atoms with Gasteiger partial charge in [-0.25, -0.2) is 19.2 Å². The molecule has 0 fully saturated rings. The Bertz CT molecular complexity index is 967. The molecular weight excluding hydrogens is 383 g/mol. The molecule has 1 aromatic heterocycles. The highest BCUT2D eigenvalue weighted by Gasteiger charge is 2.05. The molecule has 144 valence electrons. The average molecular weight is 401 g/mol. The molecule has 2 aromatic carbocycles. The van der Waals surface area contributed by atoms with Gasteiger partial charge in [0.05, 0.1) is 5.02 Å². The van der Waals surface area contributed by atoms with Gasteiger partial charge in [0.1, 0.15) is 23.8 Å². The number of anilines is 5. The molecule has 28 heavy (non-hydrogen) atoms. The van der Waals surface area contributed by atoms with Gasteiger partial charge in [-0.15, -0.1) is 0 Å². The fourth-order valence-corrected chi connectivity index (χ4v) is 2.52. The zero-order valence-corrected chi connectivity index (χ0v) is 15.7. The van der Waals surface area contributed by atoms with E-state index in [9.17, 15) is 9.18 Å². The predicted molar refractivity (Wildman–Crippen MR) is 109 cm³/mol. The van der Waals surface area contributed by atoms with Crippen LogP contribution < -0.4 is 21.3 Å². The van der Waals surface area contributed by atoms with Crippen LogP contribution in [0.25, 0.3) is 0 Å². The monoisotopic (exact) mass is 400 g/mol. The Hall–Kier alpha value is -3.39. The van der Waals surface area contributed by atoms with Gasteiger partial charge in [-0.2, -0.15) is 0 Å². The van der Waals surface area contributed by atoms with E-state index in [1.54, 1.807) is 24.3 Å². The zero-order chi connectivity index (χ0) is 19.9. The Morgan fingerprint density at radius 3 is 2.21 bits per heavy atom. The molecule has 1 heterocycles. The van der Waals surface area contributed by atoms with E-state index in [0.717, 1.165) is 5.69 Å². The average Bonchev–Trinajstić information content (AvgIpc) is 2.67. The van der Waals surface area contributed by atoms with Gasteiger partial charge in [-0.3, -0.25) is 0 Å². The van der Waals surface area contributed by atoms with Crippen molar-refractivity contribution in [3.8, 4) is 0 Å².